The molecular weight excluding hydrogens is 236 g/mol. The monoisotopic (exact) mass is 264 g/mol. The van der Waals surface area contributed by atoms with E-state index in [9.17, 15) is 0 Å². The van der Waals surface area contributed by atoms with Crippen LogP contribution in [0.5, 0.6) is 5.88 Å². The Kier molecular flexibility index (Phi) is 6.85. The first kappa shape index (κ1) is 16.0. The minimum Gasteiger partial charge on any atom is -0.475 e. The van der Waals surface area contributed by atoms with Gasteiger partial charge in [0.05, 0.1) is 11.8 Å². The third-order valence-electron chi connectivity index (χ3n) is 2.77. The van der Waals surface area contributed by atoms with Crippen LogP contribution in [0.4, 0.5) is 0 Å². The molecule has 3 nitrogen and oxygen atoms in total. The Morgan fingerprint density at radius 3 is 2.47 bits per heavy atom. The molecule has 0 aromatic carbocycles. The maximum absolute atomic E-state index is 5.85. The lowest BCUT2D eigenvalue weighted by Crippen LogP contribution is -2.20. The fourth-order valence-electron chi connectivity index (χ4n) is 2.03. The van der Waals surface area contributed by atoms with E-state index in [1.807, 2.05) is 18.2 Å². The summed E-state index contributed by atoms with van der Waals surface area (Å²) in [5.74, 6) is 2.04. The molecule has 0 saturated carbocycles. The fraction of sp³-hybridized carbons (Fsp3) is 0.688. The van der Waals surface area contributed by atoms with E-state index in [1.54, 1.807) is 0 Å². The van der Waals surface area contributed by atoms with Gasteiger partial charge in [0.25, 0.3) is 0 Å². The van der Waals surface area contributed by atoms with E-state index in [1.165, 1.54) is 0 Å². The molecule has 1 N–H and O–H groups in total. The van der Waals surface area contributed by atoms with Crippen molar-refractivity contribution in [2.45, 2.75) is 53.7 Å². The molecule has 0 fully saturated rings. The second-order valence-corrected chi connectivity index (χ2v) is 6.05. The van der Waals surface area contributed by atoms with Gasteiger partial charge in [-0.1, -0.05) is 33.8 Å². The number of aromatic nitrogens is 1. The average Bonchev–Trinajstić information content (AvgIpc) is 2.27. The standard InChI is InChI=1S/C16H28N2O/c1-12(2)9-14(5)19-16-8-6-7-15(18-16)11-17-10-13(3)4/h6-8,12-14,17H,9-11H2,1-5H3. The van der Waals surface area contributed by atoms with Gasteiger partial charge in [0.15, 0.2) is 0 Å². The lowest BCUT2D eigenvalue weighted by atomic mass is 10.1. The number of hydrogen-bond donors (Lipinski definition) is 1. The number of hydrogen-bond acceptors (Lipinski definition) is 3. The number of nitrogens with zero attached hydrogens (tertiary/aromatic N) is 1. The van der Waals surface area contributed by atoms with Crippen LogP contribution in [0, 0.1) is 11.8 Å². The zero-order valence-corrected chi connectivity index (χ0v) is 12.9. The first-order valence-electron chi connectivity index (χ1n) is 7.30. The molecule has 3 heteroatoms. The van der Waals surface area contributed by atoms with Crippen LogP contribution in [0.1, 0.15) is 46.7 Å². The van der Waals surface area contributed by atoms with Crippen molar-refractivity contribution in [2.75, 3.05) is 6.54 Å². The summed E-state index contributed by atoms with van der Waals surface area (Å²) in [6.45, 7) is 12.7. The zero-order valence-electron chi connectivity index (χ0n) is 12.9. The Hall–Kier alpha value is -1.09. The van der Waals surface area contributed by atoms with Gasteiger partial charge >= 0.3 is 0 Å². The highest BCUT2D eigenvalue weighted by atomic mass is 16.5. The first-order chi connectivity index (χ1) is 8.97. The number of ether oxygens (including phenoxy) is 1. The first-order valence-corrected chi connectivity index (χ1v) is 7.30. The summed E-state index contributed by atoms with van der Waals surface area (Å²) in [5, 5.41) is 3.40. The lowest BCUT2D eigenvalue weighted by molar-refractivity contribution is 0.185. The van der Waals surface area contributed by atoms with Crippen molar-refractivity contribution in [2.24, 2.45) is 11.8 Å². The predicted molar refractivity (Wildman–Crippen MR) is 80.3 cm³/mol. The summed E-state index contributed by atoms with van der Waals surface area (Å²) in [7, 11) is 0. The second-order valence-electron chi connectivity index (χ2n) is 6.05. The van der Waals surface area contributed by atoms with Crippen molar-refractivity contribution in [3.63, 3.8) is 0 Å². The number of nitrogens with one attached hydrogen (secondary N) is 1. The molecule has 1 aromatic heterocycles. The van der Waals surface area contributed by atoms with E-state index in [4.69, 9.17) is 4.74 Å². The molecule has 0 aliphatic heterocycles. The summed E-state index contributed by atoms with van der Waals surface area (Å²) in [6, 6.07) is 5.98. The van der Waals surface area contributed by atoms with E-state index < -0.39 is 0 Å². The van der Waals surface area contributed by atoms with Crippen LogP contribution >= 0.6 is 0 Å². The van der Waals surface area contributed by atoms with Gasteiger partial charge < -0.3 is 10.1 Å². The van der Waals surface area contributed by atoms with Gasteiger partial charge in [0.1, 0.15) is 0 Å². The summed E-state index contributed by atoms with van der Waals surface area (Å²) in [4.78, 5) is 4.53. The summed E-state index contributed by atoms with van der Waals surface area (Å²) < 4.78 is 5.85. The normalized spacial score (nSPS) is 13.0. The van der Waals surface area contributed by atoms with Crippen molar-refractivity contribution < 1.29 is 4.74 Å². The average molecular weight is 264 g/mol. The van der Waals surface area contributed by atoms with Gasteiger partial charge in [-0.05, 0) is 37.8 Å². The van der Waals surface area contributed by atoms with Gasteiger partial charge in [-0.25, -0.2) is 4.98 Å². The lowest BCUT2D eigenvalue weighted by Gasteiger charge is -2.16. The largest absolute Gasteiger partial charge is 0.475 e. The quantitative estimate of drug-likeness (QED) is 0.778. The van der Waals surface area contributed by atoms with Crippen molar-refractivity contribution in [3.8, 4) is 5.88 Å². The van der Waals surface area contributed by atoms with Crippen molar-refractivity contribution in [1.29, 1.82) is 0 Å². The van der Waals surface area contributed by atoms with Crippen LogP contribution in [0.15, 0.2) is 18.2 Å². The Bertz CT molecular complexity index is 364. The van der Waals surface area contributed by atoms with Crippen LogP contribution in [0.2, 0.25) is 0 Å². The predicted octanol–water partition coefficient (Wildman–Crippen LogP) is 3.64. The molecule has 0 aliphatic carbocycles. The molecule has 1 unspecified atom stereocenters. The summed E-state index contributed by atoms with van der Waals surface area (Å²) in [5.41, 5.74) is 1.04. The Morgan fingerprint density at radius 1 is 1.11 bits per heavy atom. The topological polar surface area (TPSA) is 34.1 Å². The molecule has 0 aliphatic rings. The van der Waals surface area contributed by atoms with Crippen molar-refractivity contribution >= 4 is 0 Å². The van der Waals surface area contributed by atoms with Crippen LogP contribution in [-0.4, -0.2) is 17.6 Å². The maximum Gasteiger partial charge on any atom is 0.213 e. The molecule has 108 valence electrons. The molecule has 19 heavy (non-hydrogen) atoms. The van der Waals surface area contributed by atoms with Crippen LogP contribution in [-0.2, 0) is 6.54 Å². The Balaban J connectivity index is 2.47. The van der Waals surface area contributed by atoms with Gasteiger partial charge in [0.2, 0.25) is 5.88 Å². The van der Waals surface area contributed by atoms with Crippen molar-refractivity contribution in [1.82, 2.24) is 10.3 Å². The van der Waals surface area contributed by atoms with E-state index in [0.717, 1.165) is 31.1 Å². The summed E-state index contributed by atoms with van der Waals surface area (Å²) >= 11 is 0. The number of pyridine rings is 1. The van der Waals surface area contributed by atoms with Crippen LogP contribution in [0.3, 0.4) is 0 Å². The van der Waals surface area contributed by atoms with Crippen LogP contribution < -0.4 is 10.1 Å². The summed E-state index contributed by atoms with van der Waals surface area (Å²) in [6.07, 6.45) is 1.27. The molecule has 0 spiro atoms. The highest BCUT2D eigenvalue weighted by Crippen LogP contribution is 2.14. The Labute approximate surface area is 117 Å². The van der Waals surface area contributed by atoms with Gasteiger partial charge in [-0.3, -0.25) is 0 Å². The Morgan fingerprint density at radius 2 is 1.84 bits per heavy atom. The van der Waals surface area contributed by atoms with E-state index in [2.05, 4.69) is 44.9 Å². The van der Waals surface area contributed by atoms with Gasteiger partial charge in [-0.15, -0.1) is 0 Å². The molecule has 1 atom stereocenters. The molecule has 0 amide bonds. The SMILES string of the molecule is CC(C)CNCc1cccc(OC(C)CC(C)C)n1. The van der Waals surface area contributed by atoms with E-state index in [-0.39, 0.29) is 6.10 Å². The highest BCUT2D eigenvalue weighted by molar-refractivity contribution is 5.16. The molecule has 0 saturated heterocycles. The minimum absolute atomic E-state index is 0.214. The van der Waals surface area contributed by atoms with E-state index in [0.29, 0.717) is 11.8 Å². The third-order valence-corrected chi connectivity index (χ3v) is 2.77. The van der Waals surface area contributed by atoms with Gasteiger partial charge in [0, 0.05) is 12.6 Å². The molecular formula is C16H28N2O. The smallest absolute Gasteiger partial charge is 0.213 e. The molecule has 1 rings (SSSR count). The van der Waals surface area contributed by atoms with E-state index >= 15 is 0 Å². The third kappa shape index (κ3) is 7.16. The highest BCUT2D eigenvalue weighted by Gasteiger charge is 2.08. The fourth-order valence-corrected chi connectivity index (χ4v) is 2.03. The number of rotatable bonds is 8. The second kappa shape index (κ2) is 8.16. The molecule has 1 heterocycles. The van der Waals surface area contributed by atoms with Crippen LogP contribution in [0.25, 0.3) is 0 Å². The molecule has 0 bridgehead atoms. The zero-order chi connectivity index (χ0) is 14.3. The minimum atomic E-state index is 0.214. The molecule has 0 radical (unpaired) electrons. The molecule has 1 aromatic rings. The maximum atomic E-state index is 5.85. The van der Waals surface area contributed by atoms with Crippen molar-refractivity contribution in [3.05, 3.63) is 23.9 Å². The van der Waals surface area contributed by atoms with Gasteiger partial charge in [-0.2, -0.15) is 0 Å².